The molecule has 0 radical (unpaired) electrons. The fraction of sp³-hybridized carbons (Fsp3) is 0.312. The Kier molecular flexibility index (Phi) is 5.26. The molecule has 0 aromatic carbocycles. The second kappa shape index (κ2) is 7.38. The maximum atomic E-state index is 12.4. The fourth-order valence-corrected chi connectivity index (χ4v) is 1.97. The highest BCUT2D eigenvalue weighted by atomic mass is 16.1. The average Bonchev–Trinajstić information content (AvgIpc) is 2.54. The molecule has 2 heterocycles. The summed E-state index contributed by atoms with van der Waals surface area (Å²) in [5, 5.41) is 6.18. The number of carbonyl (C=O) groups is 1. The molecule has 0 bridgehead atoms. The molecule has 0 saturated carbocycles. The summed E-state index contributed by atoms with van der Waals surface area (Å²) < 4.78 is 0. The molecule has 1 amide bonds. The predicted octanol–water partition coefficient (Wildman–Crippen LogP) is 2.79. The lowest BCUT2D eigenvalue weighted by atomic mass is 10.1. The van der Waals surface area contributed by atoms with Crippen LogP contribution in [0.3, 0.4) is 0 Å². The van der Waals surface area contributed by atoms with Gasteiger partial charge < -0.3 is 10.6 Å². The van der Waals surface area contributed by atoms with Crippen molar-refractivity contribution in [3.8, 4) is 0 Å². The van der Waals surface area contributed by atoms with Crippen molar-refractivity contribution in [1.82, 2.24) is 15.3 Å². The Labute approximate surface area is 124 Å². The van der Waals surface area contributed by atoms with Crippen molar-refractivity contribution in [2.45, 2.75) is 26.3 Å². The molecule has 0 fully saturated rings. The molecule has 1 atom stereocenters. The number of aromatic nitrogens is 2. The van der Waals surface area contributed by atoms with Crippen LogP contribution in [-0.4, -0.2) is 22.4 Å². The molecule has 0 aliphatic rings. The third kappa shape index (κ3) is 4.02. The van der Waals surface area contributed by atoms with Gasteiger partial charge in [-0.1, -0.05) is 13.0 Å². The van der Waals surface area contributed by atoms with E-state index in [-0.39, 0.29) is 11.9 Å². The van der Waals surface area contributed by atoms with Gasteiger partial charge in [0.25, 0.3) is 5.91 Å². The first-order chi connectivity index (χ1) is 10.2. The number of nitrogens with one attached hydrogen (secondary N) is 2. The van der Waals surface area contributed by atoms with Crippen LogP contribution in [0.25, 0.3) is 0 Å². The van der Waals surface area contributed by atoms with Gasteiger partial charge in [-0.05, 0) is 31.5 Å². The van der Waals surface area contributed by atoms with Gasteiger partial charge in [-0.15, -0.1) is 0 Å². The van der Waals surface area contributed by atoms with Crippen LogP contribution in [0.1, 0.15) is 42.4 Å². The number of hydrogen-bond donors (Lipinski definition) is 2. The van der Waals surface area contributed by atoms with Crippen LogP contribution >= 0.6 is 0 Å². The van der Waals surface area contributed by atoms with Crippen molar-refractivity contribution in [3.05, 3.63) is 54.1 Å². The van der Waals surface area contributed by atoms with Crippen molar-refractivity contribution in [3.63, 3.8) is 0 Å². The quantitative estimate of drug-likeness (QED) is 0.856. The molecule has 2 rings (SSSR count). The summed E-state index contributed by atoms with van der Waals surface area (Å²) in [7, 11) is 0. The van der Waals surface area contributed by atoms with Gasteiger partial charge in [-0.2, -0.15) is 0 Å². The van der Waals surface area contributed by atoms with E-state index in [9.17, 15) is 4.79 Å². The highest BCUT2D eigenvalue weighted by Gasteiger charge is 2.15. The van der Waals surface area contributed by atoms with Gasteiger partial charge in [0.05, 0.1) is 29.2 Å². The van der Waals surface area contributed by atoms with Gasteiger partial charge in [0, 0.05) is 18.9 Å². The minimum Gasteiger partial charge on any atom is -0.383 e. The molecular formula is C16H20N4O. The number of rotatable bonds is 6. The van der Waals surface area contributed by atoms with Crippen molar-refractivity contribution in [1.29, 1.82) is 0 Å². The van der Waals surface area contributed by atoms with Crippen LogP contribution in [0.4, 0.5) is 5.69 Å². The van der Waals surface area contributed by atoms with E-state index < -0.39 is 0 Å². The van der Waals surface area contributed by atoms with Crippen molar-refractivity contribution >= 4 is 11.6 Å². The van der Waals surface area contributed by atoms with Crippen LogP contribution in [0, 0.1) is 0 Å². The van der Waals surface area contributed by atoms with Crippen LogP contribution in [0.5, 0.6) is 0 Å². The van der Waals surface area contributed by atoms with Crippen molar-refractivity contribution < 1.29 is 4.79 Å². The smallest absolute Gasteiger partial charge is 0.254 e. The second-order valence-corrected chi connectivity index (χ2v) is 4.80. The molecule has 0 saturated heterocycles. The van der Waals surface area contributed by atoms with Gasteiger partial charge in [0.2, 0.25) is 0 Å². The predicted molar refractivity (Wildman–Crippen MR) is 83.1 cm³/mol. The zero-order chi connectivity index (χ0) is 15.1. The third-order valence-corrected chi connectivity index (χ3v) is 3.11. The summed E-state index contributed by atoms with van der Waals surface area (Å²) in [6.07, 6.45) is 6.01. The zero-order valence-corrected chi connectivity index (χ0v) is 12.3. The monoisotopic (exact) mass is 284 g/mol. The average molecular weight is 284 g/mol. The molecule has 0 spiro atoms. The Morgan fingerprint density at radius 1 is 1.29 bits per heavy atom. The largest absolute Gasteiger partial charge is 0.383 e. The molecule has 2 N–H and O–H groups in total. The maximum absolute atomic E-state index is 12.4. The van der Waals surface area contributed by atoms with E-state index in [1.54, 1.807) is 24.7 Å². The van der Waals surface area contributed by atoms with Crippen molar-refractivity contribution in [2.75, 3.05) is 11.9 Å². The van der Waals surface area contributed by atoms with E-state index in [2.05, 4.69) is 27.5 Å². The Hall–Kier alpha value is -2.43. The second-order valence-electron chi connectivity index (χ2n) is 4.80. The number of amides is 1. The van der Waals surface area contributed by atoms with E-state index in [0.29, 0.717) is 5.56 Å². The molecule has 5 nitrogen and oxygen atoms in total. The molecule has 110 valence electrons. The Bertz CT molecular complexity index is 586. The summed E-state index contributed by atoms with van der Waals surface area (Å²) in [5.41, 5.74) is 2.19. The van der Waals surface area contributed by atoms with E-state index in [1.165, 1.54) is 0 Å². The molecule has 2 aromatic rings. The summed E-state index contributed by atoms with van der Waals surface area (Å²) in [4.78, 5) is 20.7. The Morgan fingerprint density at radius 3 is 2.86 bits per heavy atom. The lowest BCUT2D eigenvalue weighted by molar-refractivity contribution is 0.0940. The molecule has 5 heteroatoms. The molecule has 0 aliphatic heterocycles. The first-order valence-electron chi connectivity index (χ1n) is 7.12. The molecular weight excluding hydrogens is 264 g/mol. The molecule has 2 aromatic heterocycles. The fourth-order valence-electron chi connectivity index (χ4n) is 1.97. The van der Waals surface area contributed by atoms with Crippen LogP contribution < -0.4 is 10.6 Å². The van der Waals surface area contributed by atoms with Gasteiger partial charge in [-0.3, -0.25) is 14.8 Å². The minimum absolute atomic E-state index is 0.130. The Morgan fingerprint density at radius 2 is 2.14 bits per heavy atom. The van der Waals surface area contributed by atoms with Gasteiger partial charge >= 0.3 is 0 Å². The van der Waals surface area contributed by atoms with Crippen LogP contribution in [0.15, 0.2) is 42.9 Å². The lowest BCUT2D eigenvalue weighted by Gasteiger charge is -2.15. The van der Waals surface area contributed by atoms with Gasteiger partial charge in [0.15, 0.2) is 0 Å². The third-order valence-electron chi connectivity index (χ3n) is 3.11. The van der Waals surface area contributed by atoms with Gasteiger partial charge in [-0.25, -0.2) is 0 Å². The van der Waals surface area contributed by atoms with Gasteiger partial charge in [0.1, 0.15) is 0 Å². The van der Waals surface area contributed by atoms with E-state index in [1.807, 2.05) is 25.1 Å². The first-order valence-corrected chi connectivity index (χ1v) is 7.12. The number of carbonyl (C=O) groups excluding carboxylic acids is 1. The normalized spacial score (nSPS) is 11.7. The van der Waals surface area contributed by atoms with E-state index in [4.69, 9.17) is 0 Å². The van der Waals surface area contributed by atoms with E-state index in [0.717, 1.165) is 24.3 Å². The summed E-state index contributed by atoms with van der Waals surface area (Å²) >= 11 is 0. The first kappa shape index (κ1) is 15.0. The van der Waals surface area contributed by atoms with E-state index >= 15 is 0 Å². The summed E-state index contributed by atoms with van der Waals surface area (Å²) in [5.74, 6) is -0.130. The Balaban J connectivity index is 2.10. The SMILES string of the molecule is CCCNc1cnccc1C(=O)NC(C)c1ccccn1. The molecule has 0 aliphatic carbocycles. The highest BCUT2D eigenvalue weighted by molar-refractivity contribution is 5.99. The number of hydrogen-bond acceptors (Lipinski definition) is 4. The maximum Gasteiger partial charge on any atom is 0.254 e. The summed E-state index contributed by atoms with van der Waals surface area (Å²) in [6, 6.07) is 7.23. The molecule has 1 unspecified atom stereocenters. The number of pyridine rings is 2. The van der Waals surface area contributed by atoms with Crippen LogP contribution in [0.2, 0.25) is 0 Å². The standard InChI is InChI=1S/C16H20N4O/c1-3-8-18-15-11-17-10-7-13(15)16(21)20-12(2)14-6-4-5-9-19-14/h4-7,9-12,18H,3,8H2,1-2H3,(H,20,21). The minimum atomic E-state index is -0.147. The van der Waals surface area contributed by atoms with Crippen LogP contribution in [-0.2, 0) is 0 Å². The zero-order valence-electron chi connectivity index (χ0n) is 12.3. The topological polar surface area (TPSA) is 66.9 Å². The van der Waals surface area contributed by atoms with Crippen molar-refractivity contribution in [2.24, 2.45) is 0 Å². The lowest BCUT2D eigenvalue weighted by Crippen LogP contribution is -2.28. The number of nitrogens with zero attached hydrogens (tertiary/aromatic N) is 2. The number of anilines is 1. The highest BCUT2D eigenvalue weighted by Crippen LogP contribution is 2.15. The summed E-state index contributed by atoms with van der Waals surface area (Å²) in [6.45, 7) is 4.80. The molecule has 21 heavy (non-hydrogen) atoms.